The molecule has 0 saturated heterocycles. The van der Waals surface area contributed by atoms with E-state index in [1.165, 1.54) is 7.11 Å². The number of esters is 1. The van der Waals surface area contributed by atoms with Crippen LogP contribution in [0.1, 0.15) is 33.6 Å². The van der Waals surface area contributed by atoms with Crippen LogP contribution in [0.5, 0.6) is 0 Å². The van der Waals surface area contributed by atoms with Gasteiger partial charge in [-0.05, 0) is 24.7 Å². The first-order chi connectivity index (χ1) is 7.45. The summed E-state index contributed by atoms with van der Waals surface area (Å²) in [4.78, 5) is 23.2. The number of rotatable bonds is 5. The summed E-state index contributed by atoms with van der Waals surface area (Å²) in [5.41, 5.74) is 0. The maximum atomic E-state index is 11.7. The van der Waals surface area contributed by atoms with Gasteiger partial charge in [-0.1, -0.05) is 20.8 Å². The van der Waals surface area contributed by atoms with Crippen LogP contribution in [0.4, 0.5) is 0 Å². The molecule has 4 heteroatoms. The third-order valence-electron chi connectivity index (χ3n) is 2.96. The number of hydrogen-bond donors (Lipinski definition) is 1. The Balaban J connectivity index is 2.49. The van der Waals surface area contributed by atoms with Crippen LogP contribution >= 0.6 is 0 Å². The zero-order chi connectivity index (χ0) is 12.3. The van der Waals surface area contributed by atoms with E-state index in [9.17, 15) is 9.59 Å². The minimum absolute atomic E-state index is 0.0106. The van der Waals surface area contributed by atoms with Gasteiger partial charge in [-0.15, -0.1) is 0 Å². The van der Waals surface area contributed by atoms with Crippen LogP contribution in [-0.4, -0.2) is 25.0 Å². The number of nitrogens with one attached hydrogen (secondary N) is 1. The number of carbonyl (C=O) groups excluding carboxylic acids is 2. The molecular formula is C12H21NO3. The van der Waals surface area contributed by atoms with Gasteiger partial charge in [-0.3, -0.25) is 4.79 Å². The average molecular weight is 227 g/mol. The molecule has 0 heterocycles. The predicted molar refractivity (Wildman–Crippen MR) is 60.7 cm³/mol. The van der Waals surface area contributed by atoms with Crippen molar-refractivity contribution in [3.63, 3.8) is 0 Å². The second-order valence-corrected chi connectivity index (χ2v) is 5.03. The molecule has 1 fully saturated rings. The summed E-state index contributed by atoms with van der Waals surface area (Å²) in [5, 5.41) is 2.78. The highest BCUT2D eigenvalue weighted by molar-refractivity contribution is 5.87. The number of carbonyl (C=O) groups is 2. The van der Waals surface area contributed by atoms with Gasteiger partial charge in [0.15, 0.2) is 0 Å². The molecule has 0 aromatic rings. The zero-order valence-electron chi connectivity index (χ0n) is 10.4. The minimum Gasteiger partial charge on any atom is -0.467 e. The van der Waals surface area contributed by atoms with Gasteiger partial charge >= 0.3 is 5.97 Å². The van der Waals surface area contributed by atoms with Gasteiger partial charge in [0.2, 0.25) is 5.91 Å². The second-order valence-electron chi connectivity index (χ2n) is 5.03. The SMILES string of the molecule is COC(=O)[C@H](CC(C)C)NC(=O)[C@H]1C[C@H]1C. The first-order valence-electron chi connectivity index (χ1n) is 5.84. The molecule has 1 aliphatic rings. The Hall–Kier alpha value is -1.06. The van der Waals surface area contributed by atoms with E-state index in [1.54, 1.807) is 0 Å². The molecular weight excluding hydrogens is 206 g/mol. The number of hydrogen-bond acceptors (Lipinski definition) is 3. The van der Waals surface area contributed by atoms with Crippen molar-refractivity contribution in [1.82, 2.24) is 5.32 Å². The molecule has 0 unspecified atom stereocenters. The summed E-state index contributed by atoms with van der Waals surface area (Å²) >= 11 is 0. The monoisotopic (exact) mass is 227 g/mol. The molecule has 16 heavy (non-hydrogen) atoms. The van der Waals surface area contributed by atoms with Gasteiger partial charge in [-0.25, -0.2) is 4.79 Å². The van der Waals surface area contributed by atoms with E-state index in [-0.39, 0.29) is 17.8 Å². The summed E-state index contributed by atoms with van der Waals surface area (Å²) in [5.74, 6) is 0.539. The van der Waals surface area contributed by atoms with E-state index in [4.69, 9.17) is 0 Å². The van der Waals surface area contributed by atoms with Crippen molar-refractivity contribution >= 4 is 11.9 Å². The number of methoxy groups -OCH3 is 1. The van der Waals surface area contributed by atoms with Gasteiger partial charge in [-0.2, -0.15) is 0 Å². The van der Waals surface area contributed by atoms with Gasteiger partial charge in [0.25, 0.3) is 0 Å². The van der Waals surface area contributed by atoms with E-state index in [0.29, 0.717) is 18.3 Å². The summed E-state index contributed by atoms with van der Waals surface area (Å²) in [6, 6.07) is -0.495. The first kappa shape index (κ1) is 13.0. The fourth-order valence-corrected chi connectivity index (χ4v) is 1.79. The molecule has 1 rings (SSSR count). The molecule has 0 bridgehead atoms. The summed E-state index contributed by atoms with van der Waals surface area (Å²) < 4.78 is 4.69. The molecule has 3 atom stereocenters. The summed E-state index contributed by atoms with van der Waals surface area (Å²) in [6.45, 7) is 6.07. The topological polar surface area (TPSA) is 55.4 Å². The molecule has 0 aliphatic heterocycles. The lowest BCUT2D eigenvalue weighted by Crippen LogP contribution is -2.43. The minimum atomic E-state index is -0.495. The van der Waals surface area contributed by atoms with Crippen molar-refractivity contribution < 1.29 is 14.3 Å². The molecule has 0 aromatic carbocycles. The summed E-state index contributed by atoms with van der Waals surface area (Å²) in [7, 11) is 1.35. The highest BCUT2D eigenvalue weighted by atomic mass is 16.5. The molecule has 1 saturated carbocycles. The molecule has 0 radical (unpaired) electrons. The fraction of sp³-hybridized carbons (Fsp3) is 0.833. The van der Waals surface area contributed by atoms with Crippen LogP contribution in [0.3, 0.4) is 0 Å². The zero-order valence-corrected chi connectivity index (χ0v) is 10.4. The van der Waals surface area contributed by atoms with E-state index in [1.807, 2.05) is 20.8 Å². The Bertz CT molecular complexity index is 275. The van der Waals surface area contributed by atoms with E-state index in [0.717, 1.165) is 6.42 Å². The smallest absolute Gasteiger partial charge is 0.328 e. The fourth-order valence-electron chi connectivity index (χ4n) is 1.79. The lowest BCUT2D eigenvalue weighted by atomic mass is 10.0. The first-order valence-corrected chi connectivity index (χ1v) is 5.84. The number of amides is 1. The van der Waals surface area contributed by atoms with E-state index >= 15 is 0 Å². The Morgan fingerprint density at radius 1 is 1.44 bits per heavy atom. The Morgan fingerprint density at radius 3 is 2.38 bits per heavy atom. The van der Waals surface area contributed by atoms with Crippen LogP contribution in [0.15, 0.2) is 0 Å². The maximum absolute atomic E-state index is 11.7. The summed E-state index contributed by atoms with van der Waals surface area (Å²) in [6.07, 6.45) is 1.56. The Kier molecular flexibility index (Phi) is 4.33. The molecule has 1 N–H and O–H groups in total. The van der Waals surface area contributed by atoms with Crippen LogP contribution in [0.25, 0.3) is 0 Å². The van der Waals surface area contributed by atoms with Crippen molar-refractivity contribution in [2.75, 3.05) is 7.11 Å². The Labute approximate surface area is 96.7 Å². The molecule has 1 amide bonds. The van der Waals surface area contributed by atoms with E-state index < -0.39 is 6.04 Å². The third-order valence-corrected chi connectivity index (χ3v) is 2.96. The molecule has 92 valence electrons. The van der Waals surface area contributed by atoms with Crippen molar-refractivity contribution in [1.29, 1.82) is 0 Å². The van der Waals surface area contributed by atoms with Crippen molar-refractivity contribution in [3.05, 3.63) is 0 Å². The van der Waals surface area contributed by atoms with Crippen LogP contribution < -0.4 is 5.32 Å². The molecule has 1 aliphatic carbocycles. The van der Waals surface area contributed by atoms with Crippen molar-refractivity contribution in [2.45, 2.75) is 39.7 Å². The van der Waals surface area contributed by atoms with Crippen molar-refractivity contribution in [3.8, 4) is 0 Å². The lowest BCUT2D eigenvalue weighted by molar-refractivity contribution is -0.145. The van der Waals surface area contributed by atoms with Gasteiger partial charge in [0, 0.05) is 5.92 Å². The standard InChI is InChI=1S/C12H21NO3/c1-7(2)5-10(12(15)16-4)13-11(14)9-6-8(9)3/h7-10H,5-6H2,1-4H3,(H,13,14)/t8-,9+,10+/m1/s1. The van der Waals surface area contributed by atoms with Crippen LogP contribution in [-0.2, 0) is 14.3 Å². The Morgan fingerprint density at radius 2 is 2.00 bits per heavy atom. The highest BCUT2D eigenvalue weighted by Gasteiger charge is 2.40. The van der Waals surface area contributed by atoms with Gasteiger partial charge in [0.05, 0.1) is 7.11 Å². The second kappa shape index (κ2) is 5.32. The third kappa shape index (κ3) is 3.51. The molecule has 4 nitrogen and oxygen atoms in total. The van der Waals surface area contributed by atoms with Crippen molar-refractivity contribution in [2.24, 2.45) is 17.8 Å². The predicted octanol–water partition coefficient (Wildman–Crippen LogP) is 1.35. The molecule has 0 spiro atoms. The normalized spacial score (nSPS) is 25.1. The van der Waals surface area contributed by atoms with Gasteiger partial charge in [0.1, 0.15) is 6.04 Å². The quantitative estimate of drug-likeness (QED) is 0.721. The highest BCUT2D eigenvalue weighted by Crippen LogP contribution is 2.37. The maximum Gasteiger partial charge on any atom is 0.328 e. The lowest BCUT2D eigenvalue weighted by Gasteiger charge is -2.18. The average Bonchev–Trinajstić information content (AvgIpc) is 2.92. The van der Waals surface area contributed by atoms with Crippen LogP contribution in [0, 0.1) is 17.8 Å². The largest absolute Gasteiger partial charge is 0.467 e. The van der Waals surface area contributed by atoms with Gasteiger partial charge < -0.3 is 10.1 Å². The van der Waals surface area contributed by atoms with Crippen LogP contribution in [0.2, 0.25) is 0 Å². The number of ether oxygens (including phenoxy) is 1. The van der Waals surface area contributed by atoms with E-state index in [2.05, 4.69) is 10.1 Å². The molecule has 0 aromatic heterocycles.